The van der Waals surface area contributed by atoms with Crippen LogP contribution in [0.2, 0.25) is 0 Å². The number of nitrogens with zero attached hydrogens (tertiary/aromatic N) is 5. The molecule has 4 aromatic rings. The number of aromatic nitrogens is 5. The number of aryl methyl sites for hydroxylation is 1. The molecule has 0 aliphatic heterocycles. The molecule has 9 nitrogen and oxygen atoms in total. The Hall–Kier alpha value is -3.62. The fraction of sp³-hybridized carbons (Fsp3) is 0.176. The lowest BCUT2D eigenvalue weighted by molar-refractivity contribution is 0.0935. The van der Waals surface area contributed by atoms with Gasteiger partial charge in [-0.15, -0.1) is 5.10 Å². The molecular weight excluding hydrogens is 334 g/mol. The summed E-state index contributed by atoms with van der Waals surface area (Å²) in [5.74, 6) is 0.624. The van der Waals surface area contributed by atoms with Gasteiger partial charge in [0, 0.05) is 25.5 Å². The van der Waals surface area contributed by atoms with Gasteiger partial charge in [0.1, 0.15) is 5.69 Å². The molecule has 3 N–H and O–H groups in total. The molecule has 0 aliphatic carbocycles. The second-order valence-electron chi connectivity index (χ2n) is 5.99. The Balaban J connectivity index is 1.62. The van der Waals surface area contributed by atoms with E-state index in [-0.39, 0.29) is 23.6 Å². The van der Waals surface area contributed by atoms with Crippen LogP contribution in [0.1, 0.15) is 29.0 Å². The van der Waals surface area contributed by atoms with Crippen LogP contribution in [0.25, 0.3) is 17.2 Å². The Labute approximate surface area is 148 Å². The molecule has 1 amide bonds. The maximum Gasteiger partial charge on any atom is 0.270 e. The van der Waals surface area contributed by atoms with Gasteiger partial charge in [-0.05, 0) is 30.7 Å². The van der Waals surface area contributed by atoms with Gasteiger partial charge in [-0.25, -0.2) is 9.97 Å². The molecule has 4 rings (SSSR count). The molecule has 0 aliphatic rings. The lowest BCUT2D eigenvalue weighted by atomic mass is 10.2. The third-order valence-electron chi connectivity index (χ3n) is 4.03. The average molecular weight is 351 g/mol. The largest absolute Gasteiger partial charge is 0.461 e. The summed E-state index contributed by atoms with van der Waals surface area (Å²) in [6.45, 7) is 1.90. The molecule has 9 heteroatoms. The maximum absolute atomic E-state index is 12.6. The summed E-state index contributed by atoms with van der Waals surface area (Å²) in [5.41, 5.74) is 7.53. The topological polar surface area (TPSA) is 116 Å². The summed E-state index contributed by atoms with van der Waals surface area (Å²) in [5, 5.41) is 7.16. The highest BCUT2D eigenvalue weighted by Gasteiger charge is 2.18. The Morgan fingerprint density at radius 1 is 1.35 bits per heavy atom. The highest BCUT2D eigenvalue weighted by molar-refractivity contribution is 5.93. The van der Waals surface area contributed by atoms with Gasteiger partial charge in [-0.3, -0.25) is 4.79 Å². The van der Waals surface area contributed by atoms with Crippen molar-refractivity contribution >= 4 is 17.5 Å². The number of furan rings is 1. The summed E-state index contributed by atoms with van der Waals surface area (Å²) >= 11 is 0. The minimum atomic E-state index is -0.335. The average Bonchev–Trinajstić information content (AvgIpc) is 3.34. The fourth-order valence-corrected chi connectivity index (χ4v) is 2.67. The third kappa shape index (κ3) is 2.79. The monoisotopic (exact) mass is 351 g/mol. The first-order valence-corrected chi connectivity index (χ1v) is 8.01. The van der Waals surface area contributed by atoms with E-state index in [0.717, 1.165) is 5.56 Å². The SMILES string of the molecule is CC(NC(=O)c1cc2nc(-c3ccco3)nn2c(N)n1)c1ccn(C)c1. The molecular formula is C17H17N7O2. The van der Waals surface area contributed by atoms with E-state index in [1.807, 2.05) is 37.0 Å². The highest BCUT2D eigenvalue weighted by atomic mass is 16.3. The number of hydrogen-bond acceptors (Lipinski definition) is 6. The lowest BCUT2D eigenvalue weighted by Crippen LogP contribution is -2.27. The minimum absolute atomic E-state index is 0.0744. The second-order valence-corrected chi connectivity index (χ2v) is 5.99. The van der Waals surface area contributed by atoms with Crippen molar-refractivity contribution in [1.29, 1.82) is 0 Å². The van der Waals surface area contributed by atoms with Gasteiger partial charge in [-0.1, -0.05) is 0 Å². The van der Waals surface area contributed by atoms with Gasteiger partial charge in [0.15, 0.2) is 11.4 Å². The van der Waals surface area contributed by atoms with Crippen molar-refractivity contribution in [2.75, 3.05) is 5.73 Å². The first-order chi connectivity index (χ1) is 12.5. The second kappa shape index (κ2) is 6.03. The van der Waals surface area contributed by atoms with Crippen LogP contribution in [-0.2, 0) is 7.05 Å². The number of rotatable bonds is 4. The standard InChI is InChI=1S/C17H17N7O2/c1-10(11-5-6-23(2)9-11)19-16(25)12-8-14-21-15(13-4-3-7-26-13)22-24(14)17(18)20-12/h3-10H,1-2H3,(H2,18,20)(H,19,25). The van der Waals surface area contributed by atoms with E-state index in [1.165, 1.54) is 10.8 Å². The van der Waals surface area contributed by atoms with Crippen molar-refractivity contribution in [3.8, 4) is 11.6 Å². The van der Waals surface area contributed by atoms with E-state index in [4.69, 9.17) is 10.2 Å². The van der Waals surface area contributed by atoms with Crippen LogP contribution in [-0.4, -0.2) is 30.1 Å². The van der Waals surface area contributed by atoms with Crippen LogP contribution in [0.5, 0.6) is 0 Å². The zero-order chi connectivity index (χ0) is 18.3. The van der Waals surface area contributed by atoms with Crippen LogP contribution in [0, 0.1) is 0 Å². The van der Waals surface area contributed by atoms with Crippen molar-refractivity contribution in [2.24, 2.45) is 7.05 Å². The first-order valence-electron chi connectivity index (χ1n) is 8.01. The molecule has 0 fully saturated rings. The summed E-state index contributed by atoms with van der Waals surface area (Å²) in [7, 11) is 1.93. The normalized spacial score (nSPS) is 12.4. The Kier molecular flexibility index (Phi) is 3.68. The van der Waals surface area contributed by atoms with Crippen molar-refractivity contribution in [2.45, 2.75) is 13.0 Å². The lowest BCUT2D eigenvalue weighted by Gasteiger charge is -2.12. The van der Waals surface area contributed by atoms with Gasteiger partial charge >= 0.3 is 0 Å². The van der Waals surface area contributed by atoms with E-state index in [0.29, 0.717) is 17.2 Å². The number of hydrogen-bond donors (Lipinski definition) is 2. The van der Waals surface area contributed by atoms with E-state index in [9.17, 15) is 4.79 Å². The third-order valence-corrected chi connectivity index (χ3v) is 4.03. The van der Waals surface area contributed by atoms with E-state index in [1.54, 1.807) is 18.2 Å². The molecule has 0 radical (unpaired) electrons. The van der Waals surface area contributed by atoms with Crippen LogP contribution < -0.4 is 11.1 Å². The van der Waals surface area contributed by atoms with Crippen molar-refractivity contribution in [1.82, 2.24) is 29.5 Å². The summed E-state index contributed by atoms with van der Waals surface area (Å²) in [6, 6.07) is 6.81. The molecule has 132 valence electrons. The molecule has 0 saturated heterocycles. The smallest absolute Gasteiger partial charge is 0.270 e. The van der Waals surface area contributed by atoms with Gasteiger partial charge < -0.3 is 20.0 Å². The number of carbonyl (C=O) groups excluding carboxylic acids is 1. The molecule has 0 bridgehead atoms. The van der Waals surface area contributed by atoms with E-state index < -0.39 is 0 Å². The maximum atomic E-state index is 12.6. The molecule has 4 heterocycles. The number of amides is 1. The summed E-state index contributed by atoms with van der Waals surface area (Å²) < 4.78 is 8.58. The molecule has 26 heavy (non-hydrogen) atoms. The first kappa shape index (κ1) is 15.9. The zero-order valence-electron chi connectivity index (χ0n) is 14.2. The predicted octanol–water partition coefficient (Wildman–Crippen LogP) is 1.80. The number of anilines is 1. The van der Waals surface area contributed by atoms with Crippen LogP contribution in [0.3, 0.4) is 0 Å². The van der Waals surface area contributed by atoms with Gasteiger partial charge in [0.2, 0.25) is 11.8 Å². The molecule has 0 saturated carbocycles. The summed E-state index contributed by atoms with van der Waals surface area (Å²) in [6.07, 6.45) is 5.41. The minimum Gasteiger partial charge on any atom is -0.461 e. The number of fused-ring (bicyclic) bond motifs is 1. The summed E-state index contributed by atoms with van der Waals surface area (Å²) in [4.78, 5) is 21.0. The number of nitrogen functional groups attached to an aromatic ring is 1. The molecule has 1 atom stereocenters. The van der Waals surface area contributed by atoms with Gasteiger partial charge in [0.25, 0.3) is 5.91 Å². The van der Waals surface area contributed by atoms with Crippen LogP contribution >= 0.6 is 0 Å². The van der Waals surface area contributed by atoms with Crippen molar-refractivity contribution in [3.05, 3.63) is 54.2 Å². The molecule has 1 unspecified atom stereocenters. The Bertz CT molecular complexity index is 1080. The number of nitrogens with one attached hydrogen (secondary N) is 1. The molecule has 0 spiro atoms. The number of carbonyl (C=O) groups is 1. The molecule has 4 aromatic heterocycles. The highest BCUT2D eigenvalue weighted by Crippen LogP contribution is 2.19. The van der Waals surface area contributed by atoms with Gasteiger partial charge in [0.05, 0.1) is 12.3 Å². The molecule has 0 aromatic carbocycles. The fourth-order valence-electron chi connectivity index (χ4n) is 2.67. The zero-order valence-corrected chi connectivity index (χ0v) is 14.2. The van der Waals surface area contributed by atoms with Crippen LogP contribution in [0.4, 0.5) is 5.95 Å². The van der Waals surface area contributed by atoms with E-state index >= 15 is 0 Å². The Morgan fingerprint density at radius 3 is 2.88 bits per heavy atom. The van der Waals surface area contributed by atoms with Gasteiger partial charge in [-0.2, -0.15) is 4.52 Å². The van der Waals surface area contributed by atoms with E-state index in [2.05, 4.69) is 20.4 Å². The predicted molar refractivity (Wildman–Crippen MR) is 94.2 cm³/mol. The Morgan fingerprint density at radius 2 is 2.19 bits per heavy atom. The van der Waals surface area contributed by atoms with Crippen molar-refractivity contribution < 1.29 is 9.21 Å². The number of nitrogens with two attached hydrogens (primary N) is 1. The quantitative estimate of drug-likeness (QED) is 0.579. The van der Waals surface area contributed by atoms with Crippen molar-refractivity contribution in [3.63, 3.8) is 0 Å². The van der Waals surface area contributed by atoms with Crippen LogP contribution in [0.15, 0.2) is 47.3 Å².